The van der Waals surface area contributed by atoms with Crippen LogP contribution in [0.4, 0.5) is 17.1 Å². The molecule has 0 N–H and O–H groups in total. The van der Waals surface area contributed by atoms with Crippen LogP contribution in [0.3, 0.4) is 0 Å². The van der Waals surface area contributed by atoms with E-state index in [9.17, 15) is 0 Å². The fraction of sp³-hybridized carbons (Fsp3) is 0.0417. The highest BCUT2D eigenvalue weighted by atomic mass is 32.2. The first-order valence-electron chi connectivity index (χ1n) is 17.8. The van der Waals surface area contributed by atoms with Crippen LogP contribution in [0.15, 0.2) is 187 Å². The fourth-order valence-corrected chi connectivity index (χ4v) is 11.0. The van der Waals surface area contributed by atoms with Crippen LogP contribution in [0, 0.1) is 0 Å². The van der Waals surface area contributed by atoms with Crippen molar-refractivity contribution in [2.24, 2.45) is 0 Å². The number of para-hydroxylation sites is 2. The summed E-state index contributed by atoms with van der Waals surface area (Å²) in [5.74, 6) is 0.408. The van der Waals surface area contributed by atoms with Crippen LogP contribution in [0.25, 0.3) is 58.8 Å². The normalized spacial score (nSPS) is 16.2. The Morgan fingerprint density at radius 1 is 0.538 bits per heavy atom. The lowest BCUT2D eigenvalue weighted by Gasteiger charge is -2.27. The SMILES string of the molecule is C1=CC2Sc3cccc(-c4ccc(N(c5ccc6c7ccccc7n(-c7ccccc7)c6c5)c5cccc6c5sc5ccccc56)cc4)c3C2C=C1. The first-order valence-corrected chi connectivity index (χ1v) is 19.5. The molecule has 4 heteroatoms. The Kier molecular flexibility index (Phi) is 6.82. The van der Waals surface area contributed by atoms with Gasteiger partial charge < -0.3 is 9.47 Å². The number of allylic oxidation sites excluding steroid dienone is 3. The number of nitrogens with zero attached hydrogens (tertiary/aromatic N) is 2. The molecule has 0 saturated heterocycles. The van der Waals surface area contributed by atoms with Crippen LogP contribution < -0.4 is 4.90 Å². The zero-order chi connectivity index (χ0) is 34.2. The zero-order valence-electron chi connectivity index (χ0n) is 28.2. The van der Waals surface area contributed by atoms with Gasteiger partial charge in [-0.25, -0.2) is 0 Å². The highest BCUT2D eigenvalue weighted by Gasteiger charge is 2.33. The summed E-state index contributed by atoms with van der Waals surface area (Å²) in [4.78, 5) is 3.86. The van der Waals surface area contributed by atoms with Crippen LogP contribution in [0.1, 0.15) is 11.5 Å². The molecule has 2 atom stereocenters. The lowest BCUT2D eigenvalue weighted by Crippen LogP contribution is -2.10. The molecule has 52 heavy (non-hydrogen) atoms. The van der Waals surface area contributed by atoms with E-state index in [-0.39, 0.29) is 0 Å². The third kappa shape index (κ3) is 4.58. The van der Waals surface area contributed by atoms with Crippen molar-refractivity contribution < 1.29 is 0 Å². The second-order valence-corrected chi connectivity index (χ2v) is 15.9. The Bertz CT molecular complexity index is 2890. The van der Waals surface area contributed by atoms with E-state index < -0.39 is 0 Å². The Balaban J connectivity index is 1.12. The molecular formula is C48H32N2S2. The fourth-order valence-electron chi connectivity index (χ4n) is 8.43. The van der Waals surface area contributed by atoms with Crippen LogP contribution in [-0.4, -0.2) is 9.82 Å². The molecule has 0 saturated carbocycles. The molecule has 11 rings (SSSR count). The number of benzene rings is 7. The number of hydrogen-bond donors (Lipinski definition) is 0. The highest BCUT2D eigenvalue weighted by molar-refractivity contribution is 8.00. The molecule has 2 aromatic heterocycles. The van der Waals surface area contributed by atoms with Gasteiger partial charge in [0.05, 0.1) is 21.4 Å². The second-order valence-electron chi connectivity index (χ2n) is 13.6. The Morgan fingerprint density at radius 3 is 2.17 bits per heavy atom. The number of rotatable bonds is 5. The van der Waals surface area contributed by atoms with Crippen molar-refractivity contribution in [2.75, 3.05) is 4.90 Å². The van der Waals surface area contributed by atoms with Crippen LogP contribution in [0.5, 0.6) is 0 Å². The van der Waals surface area contributed by atoms with Gasteiger partial charge in [0.2, 0.25) is 0 Å². The van der Waals surface area contributed by atoms with E-state index in [0.29, 0.717) is 11.2 Å². The smallest absolute Gasteiger partial charge is 0.0640 e. The molecule has 0 amide bonds. The first kappa shape index (κ1) is 29.9. The van der Waals surface area contributed by atoms with Crippen molar-refractivity contribution in [2.45, 2.75) is 16.1 Å². The summed E-state index contributed by atoms with van der Waals surface area (Å²) >= 11 is 3.87. The molecule has 1 aliphatic heterocycles. The minimum Gasteiger partial charge on any atom is -0.309 e. The number of hydrogen-bond acceptors (Lipinski definition) is 3. The van der Waals surface area contributed by atoms with Gasteiger partial charge >= 0.3 is 0 Å². The highest BCUT2D eigenvalue weighted by Crippen LogP contribution is 2.52. The number of anilines is 3. The van der Waals surface area contributed by atoms with Gasteiger partial charge in [0.1, 0.15) is 0 Å². The molecule has 2 nitrogen and oxygen atoms in total. The van der Waals surface area contributed by atoms with Crippen LogP contribution >= 0.6 is 23.1 Å². The van der Waals surface area contributed by atoms with Crippen molar-refractivity contribution in [3.8, 4) is 16.8 Å². The van der Waals surface area contributed by atoms with Gasteiger partial charge in [-0.1, -0.05) is 121 Å². The number of fused-ring (bicyclic) bond motifs is 9. The van der Waals surface area contributed by atoms with Gasteiger partial charge in [0.25, 0.3) is 0 Å². The average Bonchev–Trinajstić information content (AvgIpc) is 3.88. The van der Waals surface area contributed by atoms with Crippen molar-refractivity contribution in [3.05, 3.63) is 188 Å². The molecule has 9 aromatic rings. The summed E-state index contributed by atoms with van der Waals surface area (Å²) in [6.45, 7) is 0. The molecule has 0 spiro atoms. The Hall–Kier alpha value is -5.81. The van der Waals surface area contributed by atoms with Gasteiger partial charge in [-0.3, -0.25) is 0 Å². The summed E-state index contributed by atoms with van der Waals surface area (Å²) in [6, 6.07) is 58.1. The maximum Gasteiger partial charge on any atom is 0.0640 e. The van der Waals surface area contributed by atoms with Gasteiger partial charge in [0, 0.05) is 59.4 Å². The molecule has 1 aliphatic carbocycles. The zero-order valence-corrected chi connectivity index (χ0v) is 29.8. The topological polar surface area (TPSA) is 8.17 Å². The third-order valence-electron chi connectivity index (χ3n) is 10.7. The van der Waals surface area contributed by atoms with Crippen molar-refractivity contribution in [1.29, 1.82) is 0 Å². The van der Waals surface area contributed by atoms with E-state index in [1.165, 1.54) is 69.3 Å². The lowest BCUT2D eigenvalue weighted by atomic mass is 9.86. The minimum atomic E-state index is 0.408. The number of thioether (sulfide) groups is 1. The summed E-state index contributed by atoms with van der Waals surface area (Å²) in [7, 11) is 0. The molecule has 3 heterocycles. The van der Waals surface area contributed by atoms with E-state index in [1.54, 1.807) is 0 Å². The maximum atomic E-state index is 2.46. The summed E-state index contributed by atoms with van der Waals surface area (Å²) in [5.41, 5.74) is 11.1. The Morgan fingerprint density at radius 2 is 1.27 bits per heavy atom. The quantitative estimate of drug-likeness (QED) is 0.177. The van der Waals surface area contributed by atoms with Crippen molar-refractivity contribution in [3.63, 3.8) is 0 Å². The minimum absolute atomic E-state index is 0.408. The predicted octanol–water partition coefficient (Wildman–Crippen LogP) is 14.0. The summed E-state index contributed by atoms with van der Waals surface area (Å²) in [5, 5.41) is 5.58. The molecule has 0 bridgehead atoms. The van der Waals surface area contributed by atoms with Crippen molar-refractivity contribution in [1.82, 2.24) is 4.57 Å². The predicted molar refractivity (Wildman–Crippen MR) is 224 cm³/mol. The summed E-state index contributed by atoms with van der Waals surface area (Å²) in [6.07, 6.45) is 9.12. The van der Waals surface area contributed by atoms with Gasteiger partial charge in [-0.15, -0.1) is 23.1 Å². The molecule has 2 aliphatic rings. The van der Waals surface area contributed by atoms with Crippen LogP contribution in [-0.2, 0) is 0 Å². The standard InChI is InChI=1S/C48H32N2S2/c1-2-12-32(13-3-1)50-41-19-7-4-14-36(41)37-29-28-34(30-43(37)50)49(42-20-10-18-39-38-15-5-8-21-44(38)52-48(39)42)33-26-24-31(25-27-33)35-17-11-23-46-47(35)40-16-6-9-22-45(40)51-46/h1-30,40,45H. The molecular weight excluding hydrogens is 669 g/mol. The van der Waals surface area contributed by atoms with E-state index in [1.807, 2.05) is 23.1 Å². The first-order chi connectivity index (χ1) is 25.8. The molecule has 0 radical (unpaired) electrons. The van der Waals surface area contributed by atoms with E-state index >= 15 is 0 Å². The number of aromatic nitrogens is 1. The Labute approximate surface area is 310 Å². The maximum absolute atomic E-state index is 2.46. The number of thiophene rings is 1. The van der Waals surface area contributed by atoms with Gasteiger partial charge in [0.15, 0.2) is 0 Å². The molecule has 2 unspecified atom stereocenters. The lowest BCUT2D eigenvalue weighted by molar-refractivity contribution is 0.883. The largest absolute Gasteiger partial charge is 0.309 e. The monoisotopic (exact) mass is 700 g/mol. The van der Waals surface area contributed by atoms with Gasteiger partial charge in [-0.2, -0.15) is 0 Å². The van der Waals surface area contributed by atoms with Gasteiger partial charge in [-0.05, 0) is 77.4 Å². The van der Waals surface area contributed by atoms with E-state index in [4.69, 9.17) is 0 Å². The second kappa shape index (κ2) is 11.9. The molecule has 7 aromatic carbocycles. The average molecular weight is 701 g/mol. The molecule has 0 fully saturated rings. The summed E-state index contributed by atoms with van der Waals surface area (Å²) < 4.78 is 5.00. The molecule has 246 valence electrons. The van der Waals surface area contributed by atoms with E-state index in [2.05, 4.69) is 191 Å². The third-order valence-corrected chi connectivity index (χ3v) is 13.3. The van der Waals surface area contributed by atoms with Crippen LogP contribution in [0.2, 0.25) is 0 Å². The van der Waals surface area contributed by atoms with Crippen molar-refractivity contribution >= 4 is 82.1 Å². The van der Waals surface area contributed by atoms with E-state index in [0.717, 1.165) is 17.1 Å².